The number of anilines is 3. The molecule has 0 spiro atoms. The van der Waals surface area contributed by atoms with Gasteiger partial charge in [-0.15, -0.1) is 0 Å². The van der Waals surface area contributed by atoms with Crippen molar-refractivity contribution in [3.8, 4) is 0 Å². The van der Waals surface area contributed by atoms with Crippen molar-refractivity contribution < 1.29 is 4.39 Å². The Kier molecular flexibility index (Phi) is 5.38. The molecular weight excluding hydrogens is 343 g/mol. The van der Waals surface area contributed by atoms with E-state index in [0.717, 1.165) is 69.4 Å². The largest absolute Gasteiger partial charge is 0.369 e. The zero-order chi connectivity index (χ0) is 18.6. The monoisotopic (exact) mass is 370 g/mol. The van der Waals surface area contributed by atoms with E-state index in [-0.39, 0.29) is 11.9 Å². The second-order valence-corrected chi connectivity index (χ2v) is 7.46. The molecule has 1 N–H and O–H groups in total. The van der Waals surface area contributed by atoms with E-state index in [1.165, 1.54) is 6.07 Å². The number of hydrogen-bond donors (Lipinski definition) is 1. The summed E-state index contributed by atoms with van der Waals surface area (Å²) in [5.74, 6) is 1.67. The van der Waals surface area contributed by atoms with Gasteiger partial charge in [-0.25, -0.2) is 14.4 Å². The highest BCUT2D eigenvalue weighted by atomic mass is 19.1. The van der Waals surface area contributed by atoms with Crippen LogP contribution in [-0.2, 0) is 0 Å². The van der Waals surface area contributed by atoms with Crippen molar-refractivity contribution in [2.24, 2.45) is 0 Å². The Morgan fingerprint density at radius 1 is 1.04 bits per heavy atom. The van der Waals surface area contributed by atoms with Crippen LogP contribution < -0.4 is 15.1 Å². The first-order valence-electron chi connectivity index (χ1n) is 9.70. The molecule has 1 atom stereocenters. The summed E-state index contributed by atoms with van der Waals surface area (Å²) in [6.07, 6.45) is 3.80. The highest BCUT2D eigenvalue weighted by Gasteiger charge is 2.21. The summed E-state index contributed by atoms with van der Waals surface area (Å²) in [6.45, 7) is 5.89. The maximum absolute atomic E-state index is 13.5. The molecule has 2 aliphatic rings. The van der Waals surface area contributed by atoms with Crippen LogP contribution in [0.2, 0.25) is 0 Å². The van der Waals surface area contributed by atoms with Crippen molar-refractivity contribution in [3.05, 3.63) is 42.5 Å². The maximum atomic E-state index is 13.5. The lowest BCUT2D eigenvalue weighted by atomic mass is 10.0. The Hall–Kier alpha value is -2.41. The molecule has 0 unspecified atom stereocenters. The van der Waals surface area contributed by atoms with Crippen LogP contribution in [0.25, 0.3) is 0 Å². The van der Waals surface area contributed by atoms with Gasteiger partial charge in [0.2, 0.25) is 0 Å². The van der Waals surface area contributed by atoms with Crippen LogP contribution in [0.15, 0.2) is 36.7 Å². The molecule has 1 aromatic carbocycles. The summed E-state index contributed by atoms with van der Waals surface area (Å²) < 4.78 is 13.5. The average Bonchev–Trinajstić information content (AvgIpc) is 2.69. The van der Waals surface area contributed by atoms with E-state index in [1.54, 1.807) is 18.5 Å². The molecule has 0 radical (unpaired) electrons. The normalized spacial score (nSPS) is 21.3. The summed E-state index contributed by atoms with van der Waals surface area (Å²) in [7, 11) is 2.15. The molecule has 2 fully saturated rings. The molecule has 27 heavy (non-hydrogen) atoms. The van der Waals surface area contributed by atoms with Crippen molar-refractivity contribution in [3.63, 3.8) is 0 Å². The Labute approximate surface area is 160 Å². The van der Waals surface area contributed by atoms with Gasteiger partial charge < -0.3 is 20.0 Å². The standard InChI is InChI=1S/C20H27FN6/c1-25-8-10-26(11-9-25)20-13-19(22-15-23-20)24-17-5-3-7-27(14-17)18-6-2-4-16(21)12-18/h2,4,6,12-13,15,17H,3,5,7-11,14H2,1H3,(H,22,23,24)/t17-/m1/s1. The lowest BCUT2D eigenvalue weighted by Gasteiger charge is -2.35. The molecule has 2 aliphatic heterocycles. The molecule has 0 aliphatic carbocycles. The second kappa shape index (κ2) is 8.08. The van der Waals surface area contributed by atoms with Gasteiger partial charge in [0.1, 0.15) is 23.8 Å². The fourth-order valence-electron chi connectivity index (χ4n) is 3.85. The number of piperazine rings is 1. The summed E-state index contributed by atoms with van der Waals surface area (Å²) in [5, 5.41) is 3.56. The predicted molar refractivity (Wildman–Crippen MR) is 107 cm³/mol. The molecule has 6 nitrogen and oxygen atoms in total. The molecule has 0 bridgehead atoms. The first-order valence-corrected chi connectivity index (χ1v) is 9.70. The minimum absolute atomic E-state index is 0.185. The van der Waals surface area contributed by atoms with Crippen molar-refractivity contribution in [2.75, 3.05) is 61.4 Å². The van der Waals surface area contributed by atoms with E-state index >= 15 is 0 Å². The van der Waals surface area contributed by atoms with Crippen LogP contribution in [0.3, 0.4) is 0 Å². The van der Waals surface area contributed by atoms with E-state index in [0.29, 0.717) is 0 Å². The number of likely N-dealkylation sites (N-methyl/N-ethyl adjacent to an activating group) is 1. The van der Waals surface area contributed by atoms with Gasteiger partial charge >= 0.3 is 0 Å². The highest BCUT2D eigenvalue weighted by molar-refractivity contribution is 5.51. The lowest BCUT2D eigenvalue weighted by Crippen LogP contribution is -2.45. The maximum Gasteiger partial charge on any atom is 0.134 e. The van der Waals surface area contributed by atoms with Crippen LogP contribution in [0.1, 0.15) is 12.8 Å². The smallest absolute Gasteiger partial charge is 0.134 e. The minimum Gasteiger partial charge on any atom is -0.369 e. The Morgan fingerprint density at radius 3 is 2.70 bits per heavy atom. The van der Waals surface area contributed by atoms with Gasteiger partial charge in [0.05, 0.1) is 0 Å². The fraction of sp³-hybridized carbons (Fsp3) is 0.500. The summed E-state index contributed by atoms with van der Waals surface area (Å²) in [6, 6.07) is 9.18. The molecule has 3 heterocycles. The molecular formula is C20H27FN6. The number of hydrogen-bond acceptors (Lipinski definition) is 6. The number of nitrogens with zero attached hydrogens (tertiary/aromatic N) is 5. The summed E-state index contributed by atoms with van der Waals surface area (Å²) >= 11 is 0. The molecule has 2 aromatic rings. The first kappa shape index (κ1) is 18.0. The second-order valence-electron chi connectivity index (χ2n) is 7.46. The lowest BCUT2D eigenvalue weighted by molar-refractivity contribution is 0.312. The van der Waals surface area contributed by atoms with Crippen molar-refractivity contribution in [1.29, 1.82) is 0 Å². The third-order valence-corrected chi connectivity index (χ3v) is 5.43. The minimum atomic E-state index is -0.185. The van der Waals surface area contributed by atoms with Crippen LogP contribution >= 0.6 is 0 Å². The molecule has 0 amide bonds. The number of benzene rings is 1. The summed E-state index contributed by atoms with van der Waals surface area (Å²) in [4.78, 5) is 15.8. The molecule has 4 rings (SSSR count). The number of nitrogens with one attached hydrogen (secondary N) is 1. The number of halogens is 1. The Balaban J connectivity index is 1.40. The van der Waals surface area contributed by atoms with Crippen LogP contribution in [0.5, 0.6) is 0 Å². The Morgan fingerprint density at radius 2 is 1.89 bits per heavy atom. The average molecular weight is 370 g/mol. The van der Waals surface area contributed by atoms with E-state index in [2.05, 4.69) is 37.0 Å². The van der Waals surface area contributed by atoms with Gasteiger partial charge in [0, 0.05) is 57.1 Å². The van der Waals surface area contributed by atoms with Crippen LogP contribution in [-0.4, -0.2) is 67.2 Å². The topological polar surface area (TPSA) is 47.5 Å². The first-order chi connectivity index (χ1) is 13.2. The number of rotatable bonds is 4. The molecule has 1 aromatic heterocycles. The molecule has 2 saturated heterocycles. The van der Waals surface area contributed by atoms with Crippen molar-refractivity contribution in [2.45, 2.75) is 18.9 Å². The summed E-state index contributed by atoms with van der Waals surface area (Å²) in [5.41, 5.74) is 0.947. The van der Waals surface area contributed by atoms with Gasteiger partial charge in [0.25, 0.3) is 0 Å². The van der Waals surface area contributed by atoms with E-state index in [4.69, 9.17) is 0 Å². The molecule has 0 saturated carbocycles. The third-order valence-electron chi connectivity index (χ3n) is 5.43. The fourth-order valence-corrected chi connectivity index (χ4v) is 3.85. The van der Waals surface area contributed by atoms with Gasteiger partial charge in [-0.2, -0.15) is 0 Å². The van der Waals surface area contributed by atoms with E-state index in [1.807, 2.05) is 12.1 Å². The molecule has 144 valence electrons. The highest BCUT2D eigenvalue weighted by Crippen LogP contribution is 2.23. The predicted octanol–water partition coefficient (Wildman–Crippen LogP) is 2.45. The van der Waals surface area contributed by atoms with Crippen molar-refractivity contribution in [1.82, 2.24) is 14.9 Å². The van der Waals surface area contributed by atoms with Gasteiger partial charge in [-0.05, 0) is 38.1 Å². The van der Waals surface area contributed by atoms with Gasteiger partial charge in [-0.1, -0.05) is 6.07 Å². The van der Waals surface area contributed by atoms with Gasteiger partial charge in [-0.3, -0.25) is 0 Å². The van der Waals surface area contributed by atoms with Crippen LogP contribution in [0, 0.1) is 5.82 Å². The van der Waals surface area contributed by atoms with Gasteiger partial charge in [0.15, 0.2) is 0 Å². The van der Waals surface area contributed by atoms with E-state index in [9.17, 15) is 4.39 Å². The third kappa shape index (κ3) is 4.47. The number of aromatic nitrogens is 2. The SMILES string of the molecule is CN1CCN(c2cc(N[C@@H]3CCCN(c4cccc(F)c4)C3)ncn2)CC1. The van der Waals surface area contributed by atoms with Crippen LogP contribution in [0.4, 0.5) is 21.7 Å². The Bertz CT molecular complexity index is 762. The number of piperidine rings is 1. The molecule has 7 heteroatoms. The zero-order valence-corrected chi connectivity index (χ0v) is 15.8. The quantitative estimate of drug-likeness (QED) is 0.892. The van der Waals surface area contributed by atoms with E-state index < -0.39 is 0 Å². The zero-order valence-electron chi connectivity index (χ0n) is 15.8. The van der Waals surface area contributed by atoms with Crippen molar-refractivity contribution >= 4 is 17.3 Å².